The molecule has 3 nitrogen and oxygen atoms in total. The molecule has 1 aliphatic heterocycles. The summed E-state index contributed by atoms with van der Waals surface area (Å²) in [6, 6.07) is 33.2. The fourth-order valence-corrected chi connectivity index (χ4v) is 9.53. The zero-order chi connectivity index (χ0) is 23.3. The molecule has 0 saturated carbocycles. The molecular weight excluding hydrogens is 552 g/mol. The highest BCUT2D eigenvalue weighted by Gasteiger charge is 2.47. The highest BCUT2D eigenvalue weighted by Crippen LogP contribution is 2.57. The van der Waals surface area contributed by atoms with Crippen molar-refractivity contribution in [3.8, 4) is 0 Å². The van der Waals surface area contributed by atoms with E-state index in [1.165, 1.54) is 15.9 Å². The monoisotopic (exact) mass is 587 g/mol. The summed E-state index contributed by atoms with van der Waals surface area (Å²) in [6.07, 6.45) is 2.95. The van der Waals surface area contributed by atoms with Gasteiger partial charge in [0.25, 0.3) is 0 Å². The van der Waals surface area contributed by atoms with Crippen molar-refractivity contribution >= 4 is 29.3 Å². The van der Waals surface area contributed by atoms with Crippen LogP contribution in [0.4, 0.5) is 4.79 Å². The van der Waals surface area contributed by atoms with Gasteiger partial charge >= 0.3 is 6.09 Å². The number of hydrogen-bond acceptors (Lipinski definition) is 2. The molecule has 0 N–H and O–H groups in total. The molecule has 34 heavy (non-hydrogen) atoms. The van der Waals surface area contributed by atoms with Gasteiger partial charge in [0, 0.05) is 13.1 Å². The van der Waals surface area contributed by atoms with Crippen LogP contribution in [0.3, 0.4) is 0 Å². The van der Waals surface area contributed by atoms with Crippen LogP contribution in [-0.2, 0) is 4.74 Å². The summed E-state index contributed by atoms with van der Waals surface area (Å²) >= 11 is 0. The first-order valence-electron chi connectivity index (χ1n) is 11.9. The zero-order valence-electron chi connectivity index (χ0n) is 20.4. The van der Waals surface area contributed by atoms with Crippen molar-refractivity contribution < 1.29 is 33.5 Å². The van der Waals surface area contributed by atoms with Crippen LogP contribution in [-0.4, -0.2) is 35.8 Å². The first kappa shape index (κ1) is 26.7. The second kappa shape index (κ2) is 11.7. The van der Waals surface area contributed by atoms with E-state index in [-0.39, 0.29) is 30.1 Å². The fraction of sp³-hybridized carbons (Fsp3) is 0.345. The maximum Gasteiger partial charge on any atom is 0.410 e. The summed E-state index contributed by atoms with van der Waals surface area (Å²) in [7, 11) is -1.83. The van der Waals surface area contributed by atoms with Gasteiger partial charge in [0.05, 0.1) is 6.16 Å². The lowest BCUT2D eigenvalue weighted by Crippen LogP contribution is -3.00. The van der Waals surface area contributed by atoms with Crippen molar-refractivity contribution in [3.63, 3.8) is 0 Å². The number of carbonyl (C=O) groups excluding carboxylic acids is 1. The normalized spacial score (nSPS) is 14.9. The molecule has 0 atom stereocenters. The average Bonchev–Trinajstić information content (AvgIpc) is 2.83. The Kier molecular flexibility index (Phi) is 9.17. The number of halogens is 1. The average molecular weight is 587 g/mol. The molecular formula is C29H35INO2P. The molecule has 0 bridgehead atoms. The molecule has 1 heterocycles. The highest BCUT2D eigenvalue weighted by molar-refractivity contribution is 7.95. The van der Waals surface area contributed by atoms with E-state index in [0.29, 0.717) is 5.92 Å². The Labute approximate surface area is 222 Å². The zero-order valence-corrected chi connectivity index (χ0v) is 23.4. The van der Waals surface area contributed by atoms with Crippen molar-refractivity contribution in [1.29, 1.82) is 0 Å². The number of nitrogens with zero attached hydrogens (tertiary/aromatic N) is 1. The number of ether oxygens (including phenoxy) is 1. The highest BCUT2D eigenvalue weighted by atomic mass is 127. The van der Waals surface area contributed by atoms with Gasteiger partial charge in [-0.05, 0) is 75.9 Å². The van der Waals surface area contributed by atoms with Gasteiger partial charge in [-0.2, -0.15) is 0 Å². The van der Waals surface area contributed by atoms with Crippen LogP contribution < -0.4 is 39.9 Å². The van der Waals surface area contributed by atoms with Gasteiger partial charge in [0.15, 0.2) is 0 Å². The maximum atomic E-state index is 12.6. The molecule has 0 radical (unpaired) electrons. The second-order valence-electron chi connectivity index (χ2n) is 9.91. The topological polar surface area (TPSA) is 29.5 Å². The molecule has 1 saturated heterocycles. The Morgan fingerprint density at radius 2 is 1.18 bits per heavy atom. The number of likely N-dealkylation sites (tertiary alicyclic amines) is 1. The van der Waals surface area contributed by atoms with E-state index in [1.54, 1.807) is 0 Å². The summed E-state index contributed by atoms with van der Waals surface area (Å²) in [5, 5.41) is 4.28. The molecule has 1 aliphatic rings. The summed E-state index contributed by atoms with van der Waals surface area (Å²) in [4.78, 5) is 14.5. The minimum Gasteiger partial charge on any atom is -1.00 e. The molecule has 0 unspecified atom stereocenters. The van der Waals surface area contributed by atoms with Gasteiger partial charge in [0.1, 0.15) is 28.8 Å². The smallest absolute Gasteiger partial charge is 0.410 e. The van der Waals surface area contributed by atoms with Crippen LogP contribution in [0.15, 0.2) is 91.0 Å². The van der Waals surface area contributed by atoms with Crippen LogP contribution in [0, 0.1) is 5.92 Å². The maximum absolute atomic E-state index is 12.6. The van der Waals surface area contributed by atoms with Crippen molar-refractivity contribution in [2.75, 3.05) is 19.3 Å². The van der Waals surface area contributed by atoms with E-state index in [4.69, 9.17) is 4.74 Å². The second-order valence-corrected chi connectivity index (χ2v) is 13.4. The third kappa shape index (κ3) is 6.20. The molecule has 1 fully saturated rings. The van der Waals surface area contributed by atoms with E-state index >= 15 is 0 Å². The Bertz CT molecular complexity index is 933. The Morgan fingerprint density at radius 1 is 0.794 bits per heavy atom. The van der Waals surface area contributed by atoms with Crippen LogP contribution >= 0.6 is 7.26 Å². The molecule has 0 aliphatic carbocycles. The van der Waals surface area contributed by atoms with Gasteiger partial charge in [-0.3, -0.25) is 0 Å². The Balaban J connectivity index is 0.00000324. The van der Waals surface area contributed by atoms with E-state index in [1.807, 2.05) is 25.7 Å². The van der Waals surface area contributed by atoms with Crippen LogP contribution in [0.5, 0.6) is 0 Å². The van der Waals surface area contributed by atoms with Gasteiger partial charge in [-0.15, -0.1) is 0 Å². The molecule has 0 aromatic heterocycles. The van der Waals surface area contributed by atoms with Gasteiger partial charge in [-0.25, -0.2) is 4.79 Å². The lowest BCUT2D eigenvalue weighted by Gasteiger charge is -2.36. The number of amides is 1. The number of rotatable bonds is 5. The summed E-state index contributed by atoms with van der Waals surface area (Å²) in [5.41, 5.74) is -0.456. The fourth-order valence-electron chi connectivity index (χ4n) is 4.82. The van der Waals surface area contributed by atoms with Crippen LogP contribution in [0.25, 0.3) is 0 Å². The third-order valence-corrected chi connectivity index (χ3v) is 11.0. The summed E-state index contributed by atoms with van der Waals surface area (Å²) in [6.45, 7) is 7.30. The first-order chi connectivity index (χ1) is 15.9. The number of benzene rings is 3. The van der Waals surface area contributed by atoms with Crippen molar-refractivity contribution in [2.24, 2.45) is 5.92 Å². The SMILES string of the molecule is CC(C)(C)OC(=O)N1CCC(C[P+](c2ccccc2)(c2ccccc2)c2ccccc2)CC1.[I-]. The van der Waals surface area contributed by atoms with E-state index in [9.17, 15) is 4.79 Å². The predicted molar refractivity (Wildman–Crippen MR) is 141 cm³/mol. The number of carbonyl (C=O) groups is 1. The summed E-state index contributed by atoms with van der Waals surface area (Å²) in [5.74, 6) is 0.553. The van der Waals surface area contributed by atoms with E-state index in [0.717, 1.165) is 32.1 Å². The first-order valence-corrected chi connectivity index (χ1v) is 13.9. The van der Waals surface area contributed by atoms with Gasteiger partial charge in [0.2, 0.25) is 0 Å². The standard InChI is InChI=1S/C29H35NO2P.HI/c1-29(2,3)32-28(31)30-21-19-24(20-22-30)23-33(25-13-7-4-8-14-25,26-15-9-5-10-16-26)27-17-11-6-12-18-27;/h4-18,24H,19-23H2,1-3H3;1H/q+1;/p-1. The number of piperidine rings is 1. The summed E-state index contributed by atoms with van der Waals surface area (Å²) < 4.78 is 5.62. The van der Waals surface area contributed by atoms with Crippen LogP contribution in [0.1, 0.15) is 33.6 Å². The van der Waals surface area contributed by atoms with Gasteiger partial charge < -0.3 is 33.6 Å². The van der Waals surface area contributed by atoms with E-state index < -0.39 is 12.9 Å². The minimum atomic E-state index is -1.83. The number of hydrogen-bond donors (Lipinski definition) is 0. The predicted octanol–water partition coefficient (Wildman–Crippen LogP) is 2.63. The quantitative estimate of drug-likeness (QED) is 0.340. The van der Waals surface area contributed by atoms with Crippen molar-refractivity contribution in [3.05, 3.63) is 91.0 Å². The van der Waals surface area contributed by atoms with Crippen molar-refractivity contribution in [1.82, 2.24) is 4.90 Å². The van der Waals surface area contributed by atoms with E-state index in [2.05, 4.69) is 91.0 Å². The molecule has 3 aromatic carbocycles. The van der Waals surface area contributed by atoms with Gasteiger partial charge in [-0.1, -0.05) is 54.6 Å². The Hall–Kier alpha value is -1.91. The van der Waals surface area contributed by atoms with Crippen molar-refractivity contribution in [2.45, 2.75) is 39.2 Å². The molecule has 0 spiro atoms. The lowest BCUT2D eigenvalue weighted by atomic mass is 9.99. The minimum absolute atomic E-state index is 0. The molecule has 5 heteroatoms. The lowest BCUT2D eigenvalue weighted by molar-refractivity contribution is -0.0000615. The Morgan fingerprint density at radius 3 is 1.53 bits per heavy atom. The van der Waals surface area contributed by atoms with Crippen LogP contribution in [0.2, 0.25) is 0 Å². The molecule has 1 amide bonds. The largest absolute Gasteiger partial charge is 1.00 e. The molecule has 4 rings (SSSR count). The third-order valence-electron chi connectivity index (χ3n) is 6.39. The molecule has 3 aromatic rings. The molecule has 180 valence electrons.